The Hall–Kier alpha value is -2.70. The van der Waals surface area contributed by atoms with Crippen LogP contribution < -0.4 is 11.3 Å². The standard InChI is InChI=1S/C12H10FN5O/c13-8-3-1-2-7(4-8)5-18-6-15-9-10(18)16-12(14)17-11(9)19/h1-4,6H,5H2,(H3,14,16,17,19). The third kappa shape index (κ3) is 2.05. The van der Waals surface area contributed by atoms with Crippen LogP contribution in [0.1, 0.15) is 5.56 Å². The lowest BCUT2D eigenvalue weighted by molar-refractivity contribution is 0.624. The summed E-state index contributed by atoms with van der Waals surface area (Å²) in [5.74, 6) is -0.286. The quantitative estimate of drug-likeness (QED) is 0.715. The highest BCUT2D eigenvalue weighted by Crippen LogP contribution is 2.11. The van der Waals surface area contributed by atoms with Crippen LogP contribution in [0.4, 0.5) is 10.3 Å². The SMILES string of the molecule is Nc1nc2c(ncn2Cc2cccc(F)c2)c(=O)[nH]1. The molecule has 6 nitrogen and oxygen atoms in total. The van der Waals surface area contributed by atoms with E-state index in [9.17, 15) is 9.18 Å². The largest absolute Gasteiger partial charge is 0.369 e. The summed E-state index contributed by atoms with van der Waals surface area (Å²) in [4.78, 5) is 22.0. The summed E-state index contributed by atoms with van der Waals surface area (Å²) in [5.41, 5.74) is 6.46. The van der Waals surface area contributed by atoms with E-state index < -0.39 is 0 Å². The Labute approximate surface area is 106 Å². The van der Waals surface area contributed by atoms with E-state index in [4.69, 9.17) is 5.73 Å². The van der Waals surface area contributed by atoms with Crippen LogP contribution in [0.25, 0.3) is 11.2 Å². The molecule has 3 rings (SSSR count). The average molecular weight is 259 g/mol. The molecule has 2 aromatic heterocycles. The van der Waals surface area contributed by atoms with E-state index in [1.54, 1.807) is 16.7 Å². The number of halogens is 1. The number of nitrogens with one attached hydrogen (secondary N) is 1. The van der Waals surface area contributed by atoms with Crippen molar-refractivity contribution in [2.24, 2.45) is 0 Å². The van der Waals surface area contributed by atoms with Gasteiger partial charge in [-0.2, -0.15) is 4.98 Å². The summed E-state index contributed by atoms with van der Waals surface area (Å²) in [5, 5.41) is 0. The molecule has 2 heterocycles. The van der Waals surface area contributed by atoms with E-state index in [-0.39, 0.29) is 22.8 Å². The Morgan fingerprint density at radius 1 is 1.42 bits per heavy atom. The van der Waals surface area contributed by atoms with Gasteiger partial charge in [-0.15, -0.1) is 0 Å². The van der Waals surface area contributed by atoms with Crippen molar-refractivity contribution in [3.05, 3.63) is 52.3 Å². The molecular weight excluding hydrogens is 249 g/mol. The number of anilines is 1. The van der Waals surface area contributed by atoms with Gasteiger partial charge >= 0.3 is 0 Å². The minimum Gasteiger partial charge on any atom is -0.369 e. The van der Waals surface area contributed by atoms with E-state index in [1.165, 1.54) is 18.5 Å². The first-order chi connectivity index (χ1) is 9.13. The zero-order chi connectivity index (χ0) is 13.4. The number of aromatic amines is 1. The second-order valence-electron chi connectivity index (χ2n) is 4.13. The molecule has 1 aromatic carbocycles. The number of benzene rings is 1. The molecule has 3 aromatic rings. The Morgan fingerprint density at radius 3 is 3.05 bits per heavy atom. The third-order valence-electron chi connectivity index (χ3n) is 2.74. The number of nitrogens with zero attached hydrogens (tertiary/aromatic N) is 3. The fourth-order valence-corrected chi connectivity index (χ4v) is 1.92. The van der Waals surface area contributed by atoms with Crippen molar-refractivity contribution in [2.75, 3.05) is 5.73 Å². The molecular formula is C12H10FN5O. The molecule has 0 spiro atoms. The van der Waals surface area contributed by atoms with Gasteiger partial charge in [-0.3, -0.25) is 9.78 Å². The lowest BCUT2D eigenvalue weighted by Crippen LogP contribution is -2.12. The van der Waals surface area contributed by atoms with Gasteiger partial charge in [0.05, 0.1) is 12.9 Å². The zero-order valence-electron chi connectivity index (χ0n) is 9.80. The number of aromatic nitrogens is 4. The van der Waals surface area contributed by atoms with Crippen molar-refractivity contribution >= 4 is 17.1 Å². The lowest BCUT2D eigenvalue weighted by atomic mass is 10.2. The second kappa shape index (κ2) is 4.20. The normalized spacial score (nSPS) is 11.0. The lowest BCUT2D eigenvalue weighted by Gasteiger charge is -2.04. The highest BCUT2D eigenvalue weighted by atomic mass is 19.1. The molecule has 19 heavy (non-hydrogen) atoms. The van der Waals surface area contributed by atoms with E-state index in [0.29, 0.717) is 12.2 Å². The predicted molar refractivity (Wildman–Crippen MR) is 68.1 cm³/mol. The average Bonchev–Trinajstić information content (AvgIpc) is 2.73. The van der Waals surface area contributed by atoms with Crippen molar-refractivity contribution in [2.45, 2.75) is 6.54 Å². The summed E-state index contributed by atoms with van der Waals surface area (Å²) >= 11 is 0. The maximum atomic E-state index is 13.1. The number of hydrogen-bond acceptors (Lipinski definition) is 4. The first kappa shape index (κ1) is 11.4. The minimum atomic E-state index is -0.388. The van der Waals surface area contributed by atoms with Crippen LogP contribution in [0.3, 0.4) is 0 Å². The smallest absolute Gasteiger partial charge is 0.280 e. The van der Waals surface area contributed by atoms with Gasteiger partial charge in [0.25, 0.3) is 5.56 Å². The fourth-order valence-electron chi connectivity index (χ4n) is 1.92. The van der Waals surface area contributed by atoms with Crippen LogP contribution in [-0.4, -0.2) is 19.5 Å². The van der Waals surface area contributed by atoms with E-state index in [1.807, 2.05) is 0 Å². The second-order valence-corrected chi connectivity index (χ2v) is 4.13. The van der Waals surface area contributed by atoms with Gasteiger partial charge in [0, 0.05) is 0 Å². The minimum absolute atomic E-state index is 0.0264. The van der Waals surface area contributed by atoms with Crippen LogP contribution in [-0.2, 0) is 6.54 Å². The van der Waals surface area contributed by atoms with E-state index >= 15 is 0 Å². The number of nitrogen functional groups attached to an aromatic ring is 1. The van der Waals surface area contributed by atoms with Crippen LogP contribution in [0.15, 0.2) is 35.4 Å². The van der Waals surface area contributed by atoms with Crippen LogP contribution >= 0.6 is 0 Å². The highest BCUT2D eigenvalue weighted by molar-refractivity contribution is 5.70. The molecule has 0 radical (unpaired) electrons. The topological polar surface area (TPSA) is 89.6 Å². The highest BCUT2D eigenvalue weighted by Gasteiger charge is 2.09. The fraction of sp³-hybridized carbons (Fsp3) is 0.0833. The predicted octanol–water partition coefficient (Wildman–Crippen LogP) is 0.889. The number of nitrogens with two attached hydrogens (primary N) is 1. The van der Waals surface area contributed by atoms with Gasteiger partial charge in [-0.05, 0) is 17.7 Å². The number of imidazole rings is 1. The van der Waals surface area contributed by atoms with E-state index in [2.05, 4.69) is 15.0 Å². The Morgan fingerprint density at radius 2 is 2.26 bits per heavy atom. The van der Waals surface area contributed by atoms with Crippen molar-refractivity contribution in [3.63, 3.8) is 0 Å². The first-order valence-electron chi connectivity index (χ1n) is 5.58. The Bertz CT molecular complexity index is 807. The van der Waals surface area contributed by atoms with Crippen molar-refractivity contribution in [1.82, 2.24) is 19.5 Å². The molecule has 7 heteroatoms. The molecule has 0 aliphatic heterocycles. The Balaban J connectivity index is 2.09. The van der Waals surface area contributed by atoms with Crippen LogP contribution in [0.2, 0.25) is 0 Å². The molecule has 0 saturated heterocycles. The molecule has 0 bridgehead atoms. The summed E-state index contributed by atoms with van der Waals surface area (Å²) in [6.07, 6.45) is 1.48. The maximum absolute atomic E-state index is 13.1. The van der Waals surface area contributed by atoms with Crippen molar-refractivity contribution in [3.8, 4) is 0 Å². The van der Waals surface area contributed by atoms with Crippen LogP contribution in [0, 0.1) is 5.82 Å². The van der Waals surface area contributed by atoms with Gasteiger partial charge in [0.2, 0.25) is 5.95 Å². The number of rotatable bonds is 2. The summed E-state index contributed by atoms with van der Waals surface area (Å²) in [6.45, 7) is 0.365. The molecule has 0 fully saturated rings. The van der Waals surface area contributed by atoms with Gasteiger partial charge < -0.3 is 10.3 Å². The van der Waals surface area contributed by atoms with Crippen molar-refractivity contribution in [1.29, 1.82) is 0 Å². The van der Waals surface area contributed by atoms with Crippen LogP contribution in [0.5, 0.6) is 0 Å². The summed E-state index contributed by atoms with van der Waals surface area (Å²) in [6, 6.07) is 6.20. The molecule has 0 saturated carbocycles. The Kier molecular flexibility index (Phi) is 2.52. The molecule has 0 amide bonds. The number of fused-ring (bicyclic) bond motifs is 1. The first-order valence-corrected chi connectivity index (χ1v) is 5.58. The van der Waals surface area contributed by atoms with Gasteiger partial charge in [-0.25, -0.2) is 9.37 Å². The molecule has 96 valence electrons. The summed E-state index contributed by atoms with van der Waals surface area (Å²) < 4.78 is 14.8. The monoisotopic (exact) mass is 259 g/mol. The van der Waals surface area contributed by atoms with Crippen molar-refractivity contribution < 1.29 is 4.39 Å². The zero-order valence-corrected chi connectivity index (χ0v) is 9.80. The maximum Gasteiger partial charge on any atom is 0.280 e. The molecule has 0 aliphatic rings. The van der Waals surface area contributed by atoms with Gasteiger partial charge in [0.15, 0.2) is 11.2 Å². The molecule has 0 unspecified atom stereocenters. The third-order valence-corrected chi connectivity index (χ3v) is 2.74. The molecule has 0 atom stereocenters. The van der Waals surface area contributed by atoms with E-state index in [0.717, 1.165) is 5.56 Å². The van der Waals surface area contributed by atoms with Gasteiger partial charge in [0.1, 0.15) is 5.82 Å². The number of H-pyrrole nitrogens is 1. The van der Waals surface area contributed by atoms with Gasteiger partial charge in [-0.1, -0.05) is 12.1 Å². The molecule has 3 N–H and O–H groups in total. The molecule has 0 aliphatic carbocycles. The summed E-state index contributed by atoms with van der Waals surface area (Å²) in [7, 11) is 0. The number of hydrogen-bond donors (Lipinski definition) is 2.